The Morgan fingerprint density at radius 3 is 2.63 bits per heavy atom. The number of likely N-dealkylation sites (N-methyl/N-ethyl adjacent to an activating group) is 1. The van der Waals surface area contributed by atoms with E-state index >= 15 is 0 Å². The van der Waals surface area contributed by atoms with Crippen molar-refractivity contribution in [2.45, 2.75) is 53.2 Å². The molecule has 5 nitrogen and oxygen atoms in total. The van der Waals surface area contributed by atoms with Crippen molar-refractivity contribution in [2.24, 2.45) is 0 Å². The van der Waals surface area contributed by atoms with E-state index in [9.17, 15) is 4.79 Å². The van der Waals surface area contributed by atoms with Crippen molar-refractivity contribution in [3.8, 4) is 0 Å². The third-order valence-corrected chi connectivity index (χ3v) is 3.93. The number of halogens is 1. The molecule has 0 saturated heterocycles. The van der Waals surface area contributed by atoms with Gasteiger partial charge in [0, 0.05) is 19.6 Å². The van der Waals surface area contributed by atoms with E-state index in [2.05, 4.69) is 45.5 Å². The number of rotatable bonds is 7. The first-order valence-electron chi connectivity index (χ1n) is 6.80. The normalized spacial score (nSPS) is 12.5. The standard InChI is InChI=1S/C13H23BrN4O/c1-5-10-12(14)11(18(7-3)17-10)8-16-9(4)13(19)15-6-2/h9,16H,5-8H2,1-4H3,(H,15,19). The highest BCUT2D eigenvalue weighted by Crippen LogP contribution is 2.22. The molecule has 0 aromatic carbocycles. The Bertz CT molecular complexity index is 431. The second-order valence-electron chi connectivity index (χ2n) is 4.37. The maximum atomic E-state index is 11.7. The monoisotopic (exact) mass is 330 g/mol. The Balaban J connectivity index is 2.71. The molecule has 1 rings (SSSR count). The molecule has 0 aliphatic carbocycles. The van der Waals surface area contributed by atoms with Crippen molar-refractivity contribution in [2.75, 3.05) is 6.54 Å². The molecule has 0 aliphatic rings. The number of hydrogen-bond donors (Lipinski definition) is 2. The third kappa shape index (κ3) is 4.04. The largest absolute Gasteiger partial charge is 0.355 e. The van der Waals surface area contributed by atoms with Gasteiger partial charge in [-0.25, -0.2) is 0 Å². The van der Waals surface area contributed by atoms with Crippen LogP contribution in [0.5, 0.6) is 0 Å². The molecule has 108 valence electrons. The Morgan fingerprint density at radius 1 is 1.42 bits per heavy atom. The predicted molar refractivity (Wildman–Crippen MR) is 80.0 cm³/mol. The van der Waals surface area contributed by atoms with Crippen LogP contribution in [0.25, 0.3) is 0 Å². The number of nitrogens with one attached hydrogen (secondary N) is 2. The van der Waals surface area contributed by atoms with E-state index in [1.54, 1.807) is 0 Å². The van der Waals surface area contributed by atoms with Crippen LogP contribution in [0.4, 0.5) is 0 Å². The van der Waals surface area contributed by atoms with E-state index in [4.69, 9.17) is 0 Å². The van der Waals surface area contributed by atoms with E-state index in [1.165, 1.54) is 0 Å². The molecular weight excluding hydrogens is 308 g/mol. The van der Waals surface area contributed by atoms with Crippen LogP contribution in [0.1, 0.15) is 39.1 Å². The number of aryl methyl sites for hydroxylation is 2. The van der Waals surface area contributed by atoms with Crippen LogP contribution in [-0.4, -0.2) is 28.3 Å². The fourth-order valence-electron chi connectivity index (χ4n) is 1.86. The Kier molecular flexibility index (Phi) is 6.51. The van der Waals surface area contributed by atoms with Crippen LogP contribution in [-0.2, 0) is 24.3 Å². The Hall–Kier alpha value is -0.880. The maximum Gasteiger partial charge on any atom is 0.236 e. The summed E-state index contributed by atoms with van der Waals surface area (Å²) in [6.45, 7) is 10.0. The van der Waals surface area contributed by atoms with E-state index in [0.29, 0.717) is 13.1 Å². The molecule has 0 saturated carbocycles. The minimum atomic E-state index is -0.211. The summed E-state index contributed by atoms with van der Waals surface area (Å²) < 4.78 is 3.02. The minimum absolute atomic E-state index is 0.0249. The summed E-state index contributed by atoms with van der Waals surface area (Å²) in [5.74, 6) is 0.0249. The molecule has 0 fully saturated rings. The molecule has 0 radical (unpaired) electrons. The lowest BCUT2D eigenvalue weighted by Crippen LogP contribution is -2.42. The van der Waals surface area contributed by atoms with Crippen LogP contribution in [0, 0.1) is 0 Å². The van der Waals surface area contributed by atoms with Gasteiger partial charge in [0.05, 0.1) is 21.9 Å². The summed E-state index contributed by atoms with van der Waals surface area (Å²) in [5, 5.41) is 10.6. The van der Waals surface area contributed by atoms with E-state index in [0.717, 1.165) is 28.8 Å². The molecule has 19 heavy (non-hydrogen) atoms. The number of hydrogen-bond acceptors (Lipinski definition) is 3. The van der Waals surface area contributed by atoms with Crippen molar-refractivity contribution < 1.29 is 4.79 Å². The summed E-state index contributed by atoms with van der Waals surface area (Å²) in [6.07, 6.45) is 0.895. The van der Waals surface area contributed by atoms with Crippen LogP contribution < -0.4 is 10.6 Å². The van der Waals surface area contributed by atoms with Crippen molar-refractivity contribution in [1.82, 2.24) is 20.4 Å². The maximum absolute atomic E-state index is 11.7. The zero-order valence-corrected chi connectivity index (χ0v) is 13.7. The quantitative estimate of drug-likeness (QED) is 0.802. The van der Waals surface area contributed by atoms with Crippen molar-refractivity contribution in [1.29, 1.82) is 0 Å². The van der Waals surface area contributed by atoms with E-state index in [-0.39, 0.29) is 11.9 Å². The molecule has 1 atom stereocenters. The fourth-order valence-corrected chi connectivity index (χ4v) is 2.56. The van der Waals surface area contributed by atoms with Gasteiger partial charge in [-0.3, -0.25) is 9.48 Å². The summed E-state index contributed by atoms with van der Waals surface area (Å²) in [6, 6.07) is -0.211. The lowest BCUT2D eigenvalue weighted by Gasteiger charge is -2.14. The molecule has 1 amide bonds. The molecule has 1 aromatic heterocycles. The van der Waals surface area contributed by atoms with Gasteiger partial charge in [-0.2, -0.15) is 5.10 Å². The Labute approximate surface area is 123 Å². The molecule has 6 heteroatoms. The highest BCUT2D eigenvalue weighted by atomic mass is 79.9. The van der Waals surface area contributed by atoms with Gasteiger partial charge >= 0.3 is 0 Å². The molecule has 2 N–H and O–H groups in total. The van der Waals surface area contributed by atoms with E-state index in [1.807, 2.05) is 18.5 Å². The number of nitrogens with zero attached hydrogens (tertiary/aromatic N) is 2. The second-order valence-corrected chi connectivity index (χ2v) is 5.17. The number of aromatic nitrogens is 2. The van der Waals surface area contributed by atoms with Gasteiger partial charge in [0.15, 0.2) is 0 Å². The highest BCUT2D eigenvalue weighted by molar-refractivity contribution is 9.10. The van der Waals surface area contributed by atoms with Crippen LogP contribution >= 0.6 is 15.9 Å². The molecule has 1 unspecified atom stereocenters. The molecule has 0 spiro atoms. The van der Waals surface area contributed by atoms with Crippen molar-refractivity contribution in [3.05, 3.63) is 15.9 Å². The van der Waals surface area contributed by atoms with Gasteiger partial charge in [-0.1, -0.05) is 6.92 Å². The summed E-state index contributed by atoms with van der Waals surface area (Å²) in [5.41, 5.74) is 2.15. The smallest absolute Gasteiger partial charge is 0.236 e. The highest BCUT2D eigenvalue weighted by Gasteiger charge is 2.16. The first-order chi connectivity index (χ1) is 9.04. The average molecular weight is 331 g/mol. The van der Waals surface area contributed by atoms with Gasteiger partial charge in [0.2, 0.25) is 5.91 Å². The third-order valence-electron chi connectivity index (χ3n) is 3.01. The van der Waals surface area contributed by atoms with Crippen LogP contribution in [0.2, 0.25) is 0 Å². The molecular formula is C13H23BrN4O. The first-order valence-corrected chi connectivity index (χ1v) is 7.59. The zero-order chi connectivity index (χ0) is 14.4. The zero-order valence-electron chi connectivity index (χ0n) is 12.1. The topological polar surface area (TPSA) is 59.0 Å². The SMILES string of the molecule is CCNC(=O)C(C)NCc1c(Br)c(CC)nn1CC. The summed E-state index contributed by atoms with van der Waals surface area (Å²) in [4.78, 5) is 11.7. The summed E-state index contributed by atoms with van der Waals surface area (Å²) >= 11 is 3.60. The number of carbonyl (C=O) groups excluding carboxylic acids is 1. The Morgan fingerprint density at radius 2 is 2.11 bits per heavy atom. The second kappa shape index (κ2) is 7.65. The average Bonchev–Trinajstić information content (AvgIpc) is 2.72. The predicted octanol–water partition coefficient (Wildman–Crippen LogP) is 1.84. The molecule has 0 aliphatic heterocycles. The molecule has 0 bridgehead atoms. The van der Waals surface area contributed by atoms with Gasteiger partial charge in [-0.05, 0) is 43.1 Å². The van der Waals surface area contributed by atoms with Gasteiger partial charge < -0.3 is 10.6 Å². The van der Waals surface area contributed by atoms with Crippen molar-refractivity contribution >= 4 is 21.8 Å². The minimum Gasteiger partial charge on any atom is -0.355 e. The van der Waals surface area contributed by atoms with Crippen molar-refractivity contribution in [3.63, 3.8) is 0 Å². The summed E-state index contributed by atoms with van der Waals surface area (Å²) in [7, 11) is 0. The van der Waals surface area contributed by atoms with Gasteiger partial charge in [-0.15, -0.1) is 0 Å². The molecule has 1 heterocycles. The lowest BCUT2D eigenvalue weighted by molar-refractivity contribution is -0.122. The number of amides is 1. The van der Waals surface area contributed by atoms with Crippen LogP contribution in [0.3, 0.4) is 0 Å². The molecule has 1 aromatic rings. The van der Waals surface area contributed by atoms with Gasteiger partial charge in [0.25, 0.3) is 0 Å². The number of carbonyl (C=O) groups is 1. The first kappa shape index (κ1) is 16.2. The van der Waals surface area contributed by atoms with Gasteiger partial charge in [0.1, 0.15) is 0 Å². The van der Waals surface area contributed by atoms with Crippen LogP contribution in [0.15, 0.2) is 4.47 Å². The van der Waals surface area contributed by atoms with E-state index < -0.39 is 0 Å². The lowest BCUT2D eigenvalue weighted by atomic mass is 10.2. The fraction of sp³-hybridized carbons (Fsp3) is 0.692.